The van der Waals surface area contributed by atoms with E-state index in [1.807, 2.05) is 18.2 Å². The summed E-state index contributed by atoms with van der Waals surface area (Å²) >= 11 is 12.7. The molecule has 0 radical (unpaired) electrons. The van der Waals surface area contributed by atoms with Gasteiger partial charge in [-0.25, -0.2) is 4.79 Å². The maximum absolute atomic E-state index is 12.9. The number of carboxylic acids is 1. The van der Waals surface area contributed by atoms with Gasteiger partial charge in [-0.15, -0.1) is 0 Å². The molecule has 2 heterocycles. The average molecular weight is 466 g/mol. The van der Waals surface area contributed by atoms with Crippen molar-refractivity contribution in [3.8, 4) is 11.3 Å². The van der Waals surface area contributed by atoms with Crippen molar-refractivity contribution in [2.24, 2.45) is 0 Å². The van der Waals surface area contributed by atoms with E-state index in [2.05, 4.69) is 0 Å². The van der Waals surface area contributed by atoms with Crippen LogP contribution in [0.2, 0.25) is 5.02 Å². The molecule has 1 aliphatic rings. The van der Waals surface area contributed by atoms with Gasteiger partial charge in [0.2, 0.25) is 0 Å². The minimum absolute atomic E-state index is 0. The second kappa shape index (κ2) is 9.51. The van der Waals surface area contributed by atoms with E-state index in [0.717, 1.165) is 17.3 Å². The molecule has 2 aromatic carbocycles. The van der Waals surface area contributed by atoms with E-state index in [9.17, 15) is 14.7 Å². The van der Waals surface area contributed by atoms with Crippen LogP contribution in [0.25, 0.3) is 17.4 Å². The van der Waals surface area contributed by atoms with Gasteiger partial charge in [0, 0.05) is 11.6 Å². The summed E-state index contributed by atoms with van der Waals surface area (Å²) in [6.07, 6.45) is 1.61. The molecule has 0 unspecified atom stereocenters. The van der Waals surface area contributed by atoms with Crippen molar-refractivity contribution in [1.82, 2.24) is 0 Å². The molecule has 1 fully saturated rings. The predicted molar refractivity (Wildman–Crippen MR) is 119 cm³/mol. The van der Waals surface area contributed by atoms with E-state index >= 15 is 0 Å². The monoisotopic (exact) mass is 465 g/mol. The van der Waals surface area contributed by atoms with Crippen molar-refractivity contribution in [3.05, 3.63) is 81.9 Å². The summed E-state index contributed by atoms with van der Waals surface area (Å²) in [6.45, 7) is 0. The Morgan fingerprint density at radius 1 is 1.17 bits per heavy atom. The van der Waals surface area contributed by atoms with Gasteiger partial charge in [-0.3, -0.25) is 9.69 Å². The largest absolute Gasteiger partial charge is 1.00 e. The van der Waals surface area contributed by atoms with Gasteiger partial charge in [-0.05, 0) is 42.5 Å². The molecule has 0 atom stereocenters. The Morgan fingerprint density at radius 3 is 2.67 bits per heavy atom. The van der Waals surface area contributed by atoms with Gasteiger partial charge >= 0.3 is 35.5 Å². The molecule has 3 aromatic rings. The van der Waals surface area contributed by atoms with Crippen molar-refractivity contribution in [2.45, 2.75) is 0 Å². The Balaban J connectivity index is 0.00000171. The molecule has 0 saturated carbocycles. The fourth-order valence-electron chi connectivity index (χ4n) is 2.83. The fourth-order valence-corrected chi connectivity index (χ4v) is 4.34. The number of hydrogen-bond acceptors (Lipinski definition) is 5. The van der Waals surface area contributed by atoms with Crippen LogP contribution in [-0.4, -0.2) is 21.3 Å². The number of thioether (sulfide) groups is 1. The van der Waals surface area contributed by atoms with Crippen LogP contribution in [-0.2, 0) is 4.79 Å². The number of thiocarbonyl (C=S) groups is 1. The topological polar surface area (TPSA) is 70.8 Å². The SMILES string of the molecule is O=C(O)c1cccc(N2C(=O)C(=Cc3ccc(-c4ccccc4Cl)o3)SC2=S)c1.[H-].[Na+]. The molecule has 30 heavy (non-hydrogen) atoms. The smallest absolute Gasteiger partial charge is 1.00 e. The maximum atomic E-state index is 12.9. The van der Waals surface area contributed by atoms with Gasteiger partial charge < -0.3 is 11.0 Å². The summed E-state index contributed by atoms with van der Waals surface area (Å²) in [6, 6.07) is 16.9. The molecule has 0 aliphatic carbocycles. The zero-order valence-electron chi connectivity index (χ0n) is 16.7. The molecule has 1 N–H and O–H groups in total. The summed E-state index contributed by atoms with van der Waals surface area (Å²) in [5, 5.41) is 9.74. The molecular weight excluding hydrogens is 453 g/mol. The van der Waals surface area contributed by atoms with Gasteiger partial charge in [0.25, 0.3) is 5.91 Å². The number of aromatic carboxylic acids is 1. The number of furan rings is 1. The zero-order valence-corrected chi connectivity index (χ0v) is 20.1. The minimum Gasteiger partial charge on any atom is -1.00 e. The second-order valence-corrected chi connectivity index (χ2v) is 8.14. The molecular formula is C21H13ClNNaO4S2. The Labute approximate surface area is 210 Å². The standard InChI is InChI=1S/C21H12ClNO4S2.Na.H/c22-16-7-2-1-6-15(16)17-9-8-14(27-17)11-18-19(24)23(21(28)29-18)13-5-3-4-12(10-13)20(25)26;;/h1-11H,(H,25,26);;/q;+1;-1. The summed E-state index contributed by atoms with van der Waals surface area (Å²) in [4.78, 5) is 25.8. The van der Waals surface area contributed by atoms with Crippen LogP contribution >= 0.6 is 35.6 Å². The molecule has 4 rings (SSSR count). The van der Waals surface area contributed by atoms with Crippen LogP contribution in [0.15, 0.2) is 70.0 Å². The van der Waals surface area contributed by atoms with Crippen molar-refractivity contribution < 1.29 is 50.1 Å². The zero-order chi connectivity index (χ0) is 20.5. The third-order valence-corrected chi connectivity index (χ3v) is 5.82. The second-order valence-electron chi connectivity index (χ2n) is 6.05. The Morgan fingerprint density at radius 2 is 1.93 bits per heavy atom. The van der Waals surface area contributed by atoms with Crippen LogP contribution < -0.4 is 34.5 Å². The maximum Gasteiger partial charge on any atom is 1.00 e. The van der Waals surface area contributed by atoms with E-state index in [0.29, 0.717) is 31.5 Å². The Kier molecular flexibility index (Phi) is 7.23. The summed E-state index contributed by atoms with van der Waals surface area (Å²) in [7, 11) is 0. The normalized spacial score (nSPS) is 14.8. The first kappa shape index (κ1) is 22.8. The number of carbonyl (C=O) groups is 2. The molecule has 1 aliphatic heterocycles. The first-order valence-corrected chi connectivity index (χ1v) is 10.0. The quantitative estimate of drug-likeness (QED) is 0.363. The molecule has 0 bridgehead atoms. The van der Waals surface area contributed by atoms with Gasteiger partial charge in [-0.2, -0.15) is 0 Å². The number of amides is 1. The van der Waals surface area contributed by atoms with Crippen LogP contribution in [0.3, 0.4) is 0 Å². The first-order valence-electron chi connectivity index (χ1n) is 8.40. The molecule has 1 aromatic heterocycles. The molecule has 5 nitrogen and oxygen atoms in total. The molecule has 146 valence electrons. The number of nitrogens with zero attached hydrogens (tertiary/aromatic N) is 1. The Bertz CT molecular complexity index is 1200. The van der Waals surface area contributed by atoms with E-state index in [-0.39, 0.29) is 42.5 Å². The molecule has 9 heteroatoms. The molecule has 0 spiro atoms. The van der Waals surface area contributed by atoms with E-state index in [1.165, 1.54) is 17.0 Å². The number of anilines is 1. The van der Waals surface area contributed by atoms with E-state index in [4.69, 9.17) is 28.2 Å². The number of benzene rings is 2. The third-order valence-electron chi connectivity index (χ3n) is 4.18. The van der Waals surface area contributed by atoms with Crippen LogP contribution in [0.4, 0.5) is 5.69 Å². The van der Waals surface area contributed by atoms with Crippen LogP contribution in [0.5, 0.6) is 0 Å². The number of rotatable bonds is 4. The predicted octanol–water partition coefficient (Wildman–Crippen LogP) is 2.82. The van der Waals surface area contributed by atoms with Gasteiger partial charge in [0.1, 0.15) is 11.5 Å². The fraction of sp³-hybridized carbons (Fsp3) is 0. The van der Waals surface area contributed by atoms with Crippen LogP contribution in [0, 0.1) is 0 Å². The number of carbonyl (C=O) groups excluding carboxylic acids is 1. The van der Waals surface area contributed by atoms with E-state index < -0.39 is 5.97 Å². The third kappa shape index (κ3) is 4.56. The van der Waals surface area contributed by atoms with Crippen LogP contribution in [0.1, 0.15) is 17.5 Å². The number of hydrogen-bond donors (Lipinski definition) is 1. The van der Waals surface area contributed by atoms with E-state index in [1.54, 1.807) is 36.4 Å². The first-order chi connectivity index (χ1) is 13.9. The molecule has 1 amide bonds. The van der Waals surface area contributed by atoms with Crippen molar-refractivity contribution in [2.75, 3.05) is 4.90 Å². The van der Waals surface area contributed by atoms with Gasteiger partial charge in [0.15, 0.2) is 4.32 Å². The van der Waals surface area contributed by atoms with Crippen molar-refractivity contribution >= 4 is 63.5 Å². The number of halogens is 1. The van der Waals surface area contributed by atoms with Gasteiger partial charge in [-0.1, -0.05) is 53.8 Å². The van der Waals surface area contributed by atoms with Crippen molar-refractivity contribution in [1.29, 1.82) is 0 Å². The van der Waals surface area contributed by atoms with Crippen molar-refractivity contribution in [3.63, 3.8) is 0 Å². The summed E-state index contributed by atoms with van der Waals surface area (Å²) in [5.41, 5.74) is 1.25. The van der Waals surface area contributed by atoms with Gasteiger partial charge in [0.05, 0.1) is 21.2 Å². The summed E-state index contributed by atoms with van der Waals surface area (Å²) in [5.74, 6) is -0.333. The summed E-state index contributed by atoms with van der Waals surface area (Å²) < 4.78 is 6.14. The number of carboxylic acid groups (broad SMARTS) is 1. The molecule has 1 saturated heterocycles. The average Bonchev–Trinajstić information content (AvgIpc) is 3.27. The Hall–Kier alpha value is -1.87. The minimum atomic E-state index is -1.07.